The monoisotopic (exact) mass is 218 g/mol. The number of halogens is 1. The number of ether oxygens (including phenoxy) is 1. The molecule has 0 atom stereocenters. The van der Waals surface area contributed by atoms with Crippen molar-refractivity contribution < 1.29 is 9.13 Å². The second-order valence-corrected chi connectivity index (χ2v) is 3.29. The molecule has 0 bridgehead atoms. The Bertz CT molecular complexity index is 514. The SMILES string of the molecule is COc1ccc(-c2cccc(F)c2)nc1N. The van der Waals surface area contributed by atoms with Crippen LogP contribution in [0.25, 0.3) is 11.3 Å². The van der Waals surface area contributed by atoms with Crippen LogP contribution in [-0.4, -0.2) is 12.1 Å². The number of methoxy groups -OCH3 is 1. The fraction of sp³-hybridized carbons (Fsp3) is 0.0833. The summed E-state index contributed by atoms with van der Waals surface area (Å²) < 4.78 is 18.0. The summed E-state index contributed by atoms with van der Waals surface area (Å²) in [5, 5.41) is 0. The Labute approximate surface area is 92.7 Å². The van der Waals surface area contributed by atoms with Crippen LogP contribution in [0.1, 0.15) is 0 Å². The van der Waals surface area contributed by atoms with E-state index >= 15 is 0 Å². The summed E-state index contributed by atoms with van der Waals surface area (Å²) in [7, 11) is 1.52. The third kappa shape index (κ3) is 1.95. The quantitative estimate of drug-likeness (QED) is 0.842. The van der Waals surface area contributed by atoms with Gasteiger partial charge in [-0.05, 0) is 24.3 Å². The van der Waals surface area contributed by atoms with E-state index in [1.54, 1.807) is 24.3 Å². The molecule has 0 aliphatic carbocycles. The summed E-state index contributed by atoms with van der Waals surface area (Å²) >= 11 is 0. The molecule has 0 saturated heterocycles. The molecule has 0 unspecified atom stereocenters. The maximum atomic E-state index is 13.0. The van der Waals surface area contributed by atoms with Gasteiger partial charge in [-0.1, -0.05) is 12.1 Å². The van der Waals surface area contributed by atoms with Crippen molar-refractivity contribution in [2.45, 2.75) is 0 Å². The minimum absolute atomic E-state index is 0.296. The van der Waals surface area contributed by atoms with E-state index < -0.39 is 0 Å². The maximum Gasteiger partial charge on any atom is 0.166 e. The average molecular weight is 218 g/mol. The molecule has 0 radical (unpaired) electrons. The molecule has 0 saturated carbocycles. The van der Waals surface area contributed by atoms with E-state index in [0.717, 1.165) is 0 Å². The van der Waals surface area contributed by atoms with Crippen LogP contribution in [0.15, 0.2) is 36.4 Å². The Morgan fingerprint density at radius 1 is 1.25 bits per heavy atom. The lowest BCUT2D eigenvalue weighted by molar-refractivity contribution is 0.415. The van der Waals surface area contributed by atoms with Gasteiger partial charge in [-0.25, -0.2) is 9.37 Å². The molecule has 2 rings (SSSR count). The smallest absolute Gasteiger partial charge is 0.166 e. The third-order valence-corrected chi connectivity index (χ3v) is 2.23. The van der Waals surface area contributed by atoms with E-state index in [-0.39, 0.29) is 5.82 Å². The molecule has 0 amide bonds. The minimum Gasteiger partial charge on any atom is -0.493 e. The highest BCUT2D eigenvalue weighted by atomic mass is 19.1. The van der Waals surface area contributed by atoms with Crippen molar-refractivity contribution in [2.24, 2.45) is 0 Å². The van der Waals surface area contributed by atoms with E-state index in [2.05, 4.69) is 4.98 Å². The second kappa shape index (κ2) is 4.18. The van der Waals surface area contributed by atoms with Crippen molar-refractivity contribution in [2.75, 3.05) is 12.8 Å². The van der Waals surface area contributed by atoms with Crippen LogP contribution in [0, 0.1) is 5.82 Å². The van der Waals surface area contributed by atoms with Crippen molar-refractivity contribution in [3.8, 4) is 17.0 Å². The van der Waals surface area contributed by atoms with Gasteiger partial charge in [-0.2, -0.15) is 0 Å². The molecule has 2 aromatic rings. The zero-order valence-electron chi connectivity index (χ0n) is 8.77. The molecule has 82 valence electrons. The van der Waals surface area contributed by atoms with Gasteiger partial charge in [0.05, 0.1) is 12.8 Å². The zero-order chi connectivity index (χ0) is 11.5. The van der Waals surface area contributed by atoms with Crippen molar-refractivity contribution in [3.63, 3.8) is 0 Å². The van der Waals surface area contributed by atoms with Crippen molar-refractivity contribution in [1.82, 2.24) is 4.98 Å². The predicted octanol–water partition coefficient (Wildman–Crippen LogP) is 2.48. The summed E-state index contributed by atoms with van der Waals surface area (Å²) in [6.07, 6.45) is 0. The van der Waals surface area contributed by atoms with Gasteiger partial charge in [0.25, 0.3) is 0 Å². The molecule has 16 heavy (non-hydrogen) atoms. The van der Waals surface area contributed by atoms with Gasteiger partial charge in [0, 0.05) is 5.56 Å². The molecule has 0 spiro atoms. The molecule has 0 aliphatic rings. The van der Waals surface area contributed by atoms with Gasteiger partial charge in [-0.15, -0.1) is 0 Å². The average Bonchev–Trinajstić information content (AvgIpc) is 2.29. The first-order valence-electron chi connectivity index (χ1n) is 4.77. The molecule has 0 fully saturated rings. The lowest BCUT2D eigenvalue weighted by Crippen LogP contribution is -1.96. The standard InChI is InChI=1S/C12H11FN2O/c1-16-11-6-5-10(15-12(11)14)8-3-2-4-9(13)7-8/h2-7H,1H3,(H2,14,15). The Balaban J connectivity index is 2.45. The van der Waals surface area contributed by atoms with Crippen molar-refractivity contribution >= 4 is 5.82 Å². The van der Waals surface area contributed by atoms with E-state index in [1.165, 1.54) is 19.2 Å². The number of pyridine rings is 1. The topological polar surface area (TPSA) is 48.1 Å². The fourth-order valence-corrected chi connectivity index (χ4v) is 1.44. The van der Waals surface area contributed by atoms with Gasteiger partial charge >= 0.3 is 0 Å². The van der Waals surface area contributed by atoms with Gasteiger partial charge in [0.2, 0.25) is 0 Å². The number of aromatic nitrogens is 1. The van der Waals surface area contributed by atoms with Crippen LogP contribution in [0.5, 0.6) is 5.75 Å². The summed E-state index contributed by atoms with van der Waals surface area (Å²) in [4.78, 5) is 4.14. The van der Waals surface area contributed by atoms with Crippen LogP contribution >= 0.6 is 0 Å². The summed E-state index contributed by atoms with van der Waals surface area (Å²) in [5.41, 5.74) is 6.99. The summed E-state index contributed by atoms with van der Waals surface area (Å²) in [6, 6.07) is 9.65. The third-order valence-electron chi connectivity index (χ3n) is 2.23. The number of anilines is 1. The van der Waals surface area contributed by atoms with E-state index in [4.69, 9.17) is 10.5 Å². The van der Waals surface area contributed by atoms with E-state index in [0.29, 0.717) is 22.8 Å². The molecular weight excluding hydrogens is 207 g/mol. The number of nitrogens with two attached hydrogens (primary N) is 1. The molecule has 1 aromatic heterocycles. The van der Waals surface area contributed by atoms with Crippen LogP contribution in [-0.2, 0) is 0 Å². The van der Waals surface area contributed by atoms with Gasteiger partial charge in [0.1, 0.15) is 5.82 Å². The second-order valence-electron chi connectivity index (χ2n) is 3.29. The molecule has 3 nitrogen and oxygen atoms in total. The number of hydrogen-bond donors (Lipinski definition) is 1. The normalized spacial score (nSPS) is 10.1. The van der Waals surface area contributed by atoms with Gasteiger partial charge in [0.15, 0.2) is 11.6 Å². The Hall–Kier alpha value is -2.10. The van der Waals surface area contributed by atoms with Crippen LogP contribution in [0.2, 0.25) is 0 Å². The van der Waals surface area contributed by atoms with Crippen molar-refractivity contribution in [3.05, 3.63) is 42.2 Å². The summed E-state index contributed by atoms with van der Waals surface area (Å²) in [5.74, 6) is 0.512. The molecule has 0 aliphatic heterocycles. The molecular formula is C12H11FN2O. The van der Waals surface area contributed by atoms with E-state index in [1.807, 2.05) is 0 Å². The zero-order valence-corrected chi connectivity index (χ0v) is 8.77. The van der Waals surface area contributed by atoms with Crippen LogP contribution in [0.3, 0.4) is 0 Å². The Morgan fingerprint density at radius 2 is 2.06 bits per heavy atom. The first kappa shape index (κ1) is 10.4. The molecule has 4 heteroatoms. The van der Waals surface area contributed by atoms with Crippen LogP contribution in [0.4, 0.5) is 10.2 Å². The fourth-order valence-electron chi connectivity index (χ4n) is 1.44. The number of benzene rings is 1. The van der Waals surface area contributed by atoms with Gasteiger partial charge in [-0.3, -0.25) is 0 Å². The van der Waals surface area contributed by atoms with E-state index in [9.17, 15) is 4.39 Å². The highest BCUT2D eigenvalue weighted by molar-refractivity contribution is 5.63. The number of nitrogen functional groups attached to an aromatic ring is 1. The first-order chi connectivity index (χ1) is 7.70. The lowest BCUT2D eigenvalue weighted by Gasteiger charge is -2.06. The van der Waals surface area contributed by atoms with Crippen molar-refractivity contribution in [1.29, 1.82) is 0 Å². The number of hydrogen-bond acceptors (Lipinski definition) is 3. The maximum absolute atomic E-state index is 13.0. The predicted molar refractivity (Wildman–Crippen MR) is 60.6 cm³/mol. The lowest BCUT2D eigenvalue weighted by atomic mass is 10.1. The van der Waals surface area contributed by atoms with Gasteiger partial charge < -0.3 is 10.5 Å². The number of nitrogens with zero attached hydrogens (tertiary/aromatic N) is 1. The molecule has 1 heterocycles. The number of rotatable bonds is 2. The molecule has 1 aromatic carbocycles. The Kier molecular flexibility index (Phi) is 2.72. The first-order valence-corrected chi connectivity index (χ1v) is 4.77. The largest absolute Gasteiger partial charge is 0.493 e. The minimum atomic E-state index is -0.298. The van der Waals surface area contributed by atoms with Crippen LogP contribution < -0.4 is 10.5 Å². The highest BCUT2D eigenvalue weighted by Gasteiger charge is 2.05. The highest BCUT2D eigenvalue weighted by Crippen LogP contribution is 2.24. The molecule has 2 N–H and O–H groups in total. The Morgan fingerprint density at radius 3 is 2.69 bits per heavy atom. The summed E-state index contributed by atoms with van der Waals surface area (Å²) in [6.45, 7) is 0.